The molecule has 0 spiro atoms. The molecule has 6 heteroatoms. The van der Waals surface area contributed by atoms with E-state index in [1.165, 1.54) is 16.5 Å². The normalized spacial score (nSPS) is 11.4. The Morgan fingerprint density at radius 2 is 0.671 bits per heavy atom. The number of hydrogen-bond donors (Lipinski definition) is 0. The Kier molecular flexibility index (Phi) is 11.1. The van der Waals surface area contributed by atoms with Gasteiger partial charge in [0, 0.05) is 74.1 Å². The van der Waals surface area contributed by atoms with Crippen LogP contribution in [0.2, 0.25) is 0 Å². The molecule has 0 aliphatic carbocycles. The molecule has 0 bridgehead atoms. The molecule has 0 saturated heterocycles. The summed E-state index contributed by atoms with van der Waals surface area (Å²) in [6.07, 6.45) is 3.76. The Labute approximate surface area is 440 Å². The van der Waals surface area contributed by atoms with Crippen molar-refractivity contribution in [3.05, 3.63) is 291 Å². The van der Waals surface area contributed by atoms with Crippen LogP contribution in [0.1, 0.15) is 0 Å². The van der Waals surface area contributed by atoms with E-state index in [1.54, 1.807) is 0 Å². The predicted octanol–water partition coefficient (Wildman–Crippen LogP) is 18.6. The van der Waals surface area contributed by atoms with E-state index in [0.29, 0.717) is 0 Å². The first-order valence-electron chi connectivity index (χ1n) is 25.7. The smallest absolute Gasteiger partial charge is 0.145 e. The minimum Gasteiger partial charge on any atom is -0.310 e. The second-order valence-electron chi connectivity index (χ2n) is 19.1. The Hall–Kier alpha value is -10.3. The average molecular weight is 973 g/mol. The number of fused-ring (bicyclic) bond motifs is 6. The van der Waals surface area contributed by atoms with Gasteiger partial charge in [0.2, 0.25) is 0 Å². The molecule has 0 radical (unpaired) electrons. The molecule has 0 amide bonds. The van der Waals surface area contributed by atoms with E-state index in [0.717, 1.165) is 106 Å². The van der Waals surface area contributed by atoms with Crippen molar-refractivity contribution in [2.75, 3.05) is 9.80 Å². The van der Waals surface area contributed by atoms with E-state index >= 15 is 0 Å². The average Bonchev–Trinajstić information content (AvgIpc) is 4.07. The van der Waals surface area contributed by atoms with Crippen LogP contribution in [0, 0.1) is 0 Å². The maximum atomic E-state index is 4.89. The van der Waals surface area contributed by atoms with Gasteiger partial charge in [-0.2, -0.15) is 0 Å². The molecule has 0 atom stereocenters. The van der Waals surface area contributed by atoms with Gasteiger partial charge in [0.15, 0.2) is 0 Å². The molecule has 0 saturated carbocycles. The third-order valence-corrected chi connectivity index (χ3v) is 14.6. The lowest BCUT2D eigenvalue weighted by molar-refractivity contribution is 1.14. The minimum atomic E-state index is 0.951. The molecule has 0 aliphatic heterocycles. The van der Waals surface area contributed by atoms with Crippen LogP contribution >= 0.6 is 0 Å². The van der Waals surface area contributed by atoms with Crippen LogP contribution in [0.25, 0.3) is 88.6 Å². The highest BCUT2D eigenvalue weighted by Crippen LogP contribution is 2.43. The number of pyridine rings is 2. The fourth-order valence-corrected chi connectivity index (χ4v) is 11.0. The maximum absolute atomic E-state index is 4.89. The fraction of sp³-hybridized carbons (Fsp3) is 0. The van der Waals surface area contributed by atoms with Crippen molar-refractivity contribution in [2.24, 2.45) is 0 Å². The molecule has 0 unspecified atom stereocenters. The van der Waals surface area contributed by atoms with Crippen molar-refractivity contribution in [3.63, 3.8) is 0 Å². The summed E-state index contributed by atoms with van der Waals surface area (Å²) in [6, 6.07) is 99.8. The number of rotatable bonds is 11. The zero-order valence-electron chi connectivity index (χ0n) is 41.4. The zero-order chi connectivity index (χ0) is 50.4. The number of aromatic nitrogens is 4. The first-order valence-corrected chi connectivity index (χ1v) is 25.7. The molecule has 0 aliphatic rings. The molecule has 0 fully saturated rings. The number of hydrogen-bond acceptors (Lipinski definition) is 4. The summed E-state index contributed by atoms with van der Waals surface area (Å²) in [5.41, 5.74) is 20.7. The topological polar surface area (TPSA) is 42.1 Å². The molecule has 6 nitrogen and oxygen atoms in total. The summed E-state index contributed by atoms with van der Waals surface area (Å²) >= 11 is 0. The lowest BCUT2D eigenvalue weighted by Crippen LogP contribution is -2.13. The molecule has 14 rings (SSSR count). The quantitative estimate of drug-likeness (QED) is 0.130. The van der Waals surface area contributed by atoms with Gasteiger partial charge in [0.1, 0.15) is 5.65 Å². The van der Waals surface area contributed by atoms with Gasteiger partial charge in [-0.3, -0.25) is 9.55 Å². The van der Waals surface area contributed by atoms with Crippen LogP contribution in [-0.2, 0) is 0 Å². The summed E-state index contributed by atoms with van der Waals surface area (Å²) in [7, 11) is 0. The Bertz CT molecular complexity index is 4360. The third kappa shape index (κ3) is 7.93. The van der Waals surface area contributed by atoms with Gasteiger partial charge in [0.25, 0.3) is 0 Å². The van der Waals surface area contributed by atoms with Crippen LogP contribution in [-0.4, -0.2) is 19.1 Å². The molecule has 10 aromatic carbocycles. The summed E-state index contributed by atoms with van der Waals surface area (Å²) < 4.78 is 4.56. The fourth-order valence-electron chi connectivity index (χ4n) is 11.0. The molecule has 0 N–H and O–H groups in total. The van der Waals surface area contributed by atoms with Crippen LogP contribution in [0.5, 0.6) is 0 Å². The van der Waals surface area contributed by atoms with Crippen molar-refractivity contribution in [2.45, 2.75) is 0 Å². The predicted molar refractivity (Wildman–Crippen MR) is 316 cm³/mol. The summed E-state index contributed by atoms with van der Waals surface area (Å²) in [6.45, 7) is 0. The van der Waals surface area contributed by atoms with Gasteiger partial charge in [-0.25, -0.2) is 4.98 Å². The number of anilines is 6. The lowest BCUT2D eigenvalue weighted by atomic mass is 10.0. The monoisotopic (exact) mass is 972 g/mol. The van der Waals surface area contributed by atoms with Gasteiger partial charge in [-0.15, -0.1) is 0 Å². The standard InChI is InChI=1S/C70H48N6/c1-5-16-49(17-6-1)50-28-36-59(37-29-50)74(60-40-32-52(33-41-60)54-35-43-67-65(47-54)69-68(27-15-44-71-69)75(67)56-20-9-3-10-21-56)62-25-13-24-61(48-62)73(55-18-7-2-8-19-55)58-38-30-51(31-39-58)53-34-42-66-64(46-53)63-26-14-45-72-70(63)76(66)57-22-11-4-12-23-57/h1-48H. The number of para-hydroxylation sites is 3. The van der Waals surface area contributed by atoms with Crippen LogP contribution in [0.3, 0.4) is 0 Å². The molecule has 4 heterocycles. The Morgan fingerprint density at radius 1 is 0.250 bits per heavy atom. The zero-order valence-corrected chi connectivity index (χ0v) is 41.4. The van der Waals surface area contributed by atoms with E-state index in [9.17, 15) is 0 Å². The van der Waals surface area contributed by atoms with Crippen molar-refractivity contribution in [1.82, 2.24) is 19.1 Å². The van der Waals surface area contributed by atoms with Crippen LogP contribution in [0.4, 0.5) is 34.1 Å². The van der Waals surface area contributed by atoms with E-state index in [4.69, 9.17) is 9.97 Å². The highest BCUT2D eigenvalue weighted by molar-refractivity contribution is 6.10. The first kappa shape index (κ1) is 44.4. The molecule has 76 heavy (non-hydrogen) atoms. The highest BCUT2D eigenvalue weighted by Gasteiger charge is 2.20. The summed E-state index contributed by atoms with van der Waals surface area (Å²) in [5, 5.41) is 3.43. The van der Waals surface area contributed by atoms with Crippen molar-refractivity contribution in [3.8, 4) is 44.8 Å². The van der Waals surface area contributed by atoms with Gasteiger partial charge in [-0.1, -0.05) is 140 Å². The van der Waals surface area contributed by atoms with Gasteiger partial charge in [0.05, 0.1) is 22.1 Å². The number of nitrogens with zero attached hydrogens (tertiary/aromatic N) is 6. The van der Waals surface area contributed by atoms with Gasteiger partial charge < -0.3 is 14.4 Å². The molecule has 4 aromatic heterocycles. The highest BCUT2D eigenvalue weighted by atomic mass is 15.2. The van der Waals surface area contributed by atoms with Gasteiger partial charge >= 0.3 is 0 Å². The summed E-state index contributed by atoms with van der Waals surface area (Å²) in [4.78, 5) is 14.4. The lowest BCUT2D eigenvalue weighted by Gasteiger charge is -2.29. The minimum absolute atomic E-state index is 0.951. The van der Waals surface area contributed by atoms with Crippen molar-refractivity contribution < 1.29 is 0 Å². The van der Waals surface area contributed by atoms with Crippen molar-refractivity contribution >= 4 is 78.0 Å². The Balaban J connectivity index is 0.836. The van der Waals surface area contributed by atoms with Crippen LogP contribution in [0.15, 0.2) is 291 Å². The maximum Gasteiger partial charge on any atom is 0.145 e. The van der Waals surface area contributed by atoms with E-state index < -0.39 is 0 Å². The van der Waals surface area contributed by atoms with E-state index in [2.05, 4.69) is 286 Å². The molecular formula is C70H48N6. The van der Waals surface area contributed by atoms with Crippen LogP contribution < -0.4 is 9.80 Å². The number of benzene rings is 10. The Morgan fingerprint density at radius 3 is 1.25 bits per heavy atom. The van der Waals surface area contributed by atoms with Gasteiger partial charge in [-0.05, 0) is 173 Å². The first-order chi connectivity index (χ1) is 37.7. The van der Waals surface area contributed by atoms with E-state index in [-0.39, 0.29) is 0 Å². The second-order valence-corrected chi connectivity index (χ2v) is 19.1. The second kappa shape index (κ2) is 19.0. The molecule has 14 aromatic rings. The third-order valence-electron chi connectivity index (χ3n) is 14.6. The summed E-state index contributed by atoms with van der Waals surface area (Å²) in [5.74, 6) is 0. The van der Waals surface area contributed by atoms with Crippen molar-refractivity contribution in [1.29, 1.82) is 0 Å². The van der Waals surface area contributed by atoms with E-state index in [1.807, 2.05) is 24.5 Å². The molecule has 358 valence electrons. The molecular weight excluding hydrogens is 925 g/mol. The SMILES string of the molecule is c1ccc(-c2ccc(N(c3ccc(-c4ccc5c(c4)c4ncccc4n5-c4ccccc4)cc3)c3cccc(N(c4ccccc4)c4ccc(-c5ccc6c(c5)c5cccnc5n6-c5ccccc5)cc4)c3)cc2)cc1. The largest absolute Gasteiger partial charge is 0.310 e.